The number of quaternary nitrogens is 1. The number of nitrogens with one attached hydrogen (secondary N) is 3. The first-order valence-electron chi connectivity index (χ1n) is 11.8. The number of hydrogen-bond acceptors (Lipinski definition) is 3. The third-order valence-electron chi connectivity index (χ3n) is 5.61. The van der Waals surface area contributed by atoms with Crippen LogP contribution in [0, 0.1) is 11.3 Å². The maximum Gasteiger partial charge on any atom is 0.253 e. The molecule has 6 nitrogen and oxygen atoms in total. The van der Waals surface area contributed by atoms with E-state index >= 15 is 0 Å². The largest absolute Gasteiger partial charge is 0.371 e. The van der Waals surface area contributed by atoms with Gasteiger partial charge in [0.05, 0.1) is 26.2 Å². The van der Waals surface area contributed by atoms with Gasteiger partial charge in [0.15, 0.2) is 0 Å². The van der Waals surface area contributed by atoms with Crippen molar-refractivity contribution in [3.05, 3.63) is 23.8 Å². The van der Waals surface area contributed by atoms with E-state index in [-0.39, 0.29) is 17.2 Å². The Morgan fingerprint density at radius 2 is 1.84 bits per heavy atom. The summed E-state index contributed by atoms with van der Waals surface area (Å²) in [6, 6.07) is 5.75. The Kier molecular flexibility index (Phi) is 9.35. The fourth-order valence-corrected chi connectivity index (χ4v) is 4.41. The molecule has 2 rings (SSSR count). The van der Waals surface area contributed by atoms with Crippen molar-refractivity contribution >= 4 is 23.2 Å². The summed E-state index contributed by atoms with van der Waals surface area (Å²) >= 11 is 0. The van der Waals surface area contributed by atoms with Crippen LogP contribution in [0.5, 0.6) is 0 Å². The van der Waals surface area contributed by atoms with Crippen LogP contribution in [0.25, 0.3) is 0 Å². The van der Waals surface area contributed by atoms with Crippen LogP contribution in [0.1, 0.15) is 70.2 Å². The fourth-order valence-electron chi connectivity index (χ4n) is 4.41. The van der Waals surface area contributed by atoms with E-state index in [4.69, 9.17) is 0 Å². The lowest BCUT2D eigenvalue weighted by atomic mass is 9.84. The van der Waals surface area contributed by atoms with E-state index < -0.39 is 0 Å². The van der Waals surface area contributed by atoms with Gasteiger partial charge >= 0.3 is 0 Å². The topological polar surface area (TPSA) is 65.9 Å². The zero-order valence-electron chi connectivity index (χ0n) is 20.4. The summed E-state index contributed by atoms with van der Waals surface area (Å²) in [5.74, 6) is 0.254. The van der Waals surface area contributed by atoms with E-state index in [9.17, 15) is 9.59 Å². The maximum atomic E-state index is 13.0. The van der Waals surface area contributed by atoms with Crippen molar-refractivity contribution in [3.8, 4) is 0 Å². The predicted octanol–water partition coefficient (Wildman–Crippen LogP) is 2.95. The molecule has 31 heavy (non-hydrogen) atoms. The Balaban J connectivity index is 2.08. The molecule has 1 fully saturated rings. The Morgan fingerprint density at radius 3 is 2.45 bits per heavy atom. The highest BCUT2D eigenvalue weighted by atomic mass is 16.2. The Morgan fingerprint density at radius 1 is 1.16 bits per heavy atom. The summed E-state index contributed by atoms with van der Waals surface area (Å²) in [7, 11) is 4.23. The smallest absolute Gasteiger partial charge is 0.253 e. The number of rotatable bonds is 10. The lowest BCUT2D eigenvalue weighted by Crippen LogP contribution is -3.05. The van der Waals surface area contributed by atoms with Crippen LogP contribution in [-0.4, -0.2) is 52.1 Å². The number of carbonyl (C=O) groups excluding carboxylic acids is 2. The molecule has 0 radical (unpaired) electrons. The molecule has 0 spiro atoms. The van der Waals surface area contributed by atoms with Crippen molar-refractivity contribution in [2.45, 2.75) is 59.8 Å². The molecule has 1 aliphatic heterocycles. The third-order valence-corrected chi connectivity index (χ3v) is 5.61. The third kappa shape index (κ3) is 8.90. The van der Waals surface area contributed by atoms with E-state index in [1.54, 1.807) is 0 Å². The van der Waals surface area contributed by atoms with Crippen LogP contribution in [0.4, 0.5) is 11.4 Å². The molecule has 0 unspecified atom stereocenters. The van der Waals surface area contributed by atoms with E-state index in [1.165, 1.54) is 4.90 Å². The van der Waals surface area contributed by atoms with Crippen molar-refractivity contribution in [2.75, 3.05) is 50.5 Å². The second kappa shape index (κ2) is 11.5. The highest BCUT2D eigenvalue weighted by Crippen LogP contribution is 2.29. The molecule has 2 amide bonds. The summed E-state index contributed by atoms with van der Waals surface area (Å²) < 4.78 is 0. The number of benzene rings is 1. The average molecular weight is 432 g/mol. The van der Waals surface area contributed by atoms with Gasteiger partial charge in [-0.2, -0.15) is 0 Å². The zero-order valence-corrected chi connectivity index (χ0v) is 20.4. The number of hydrogen-bond donors (Lipinski definition) is 3. The van der Waals surface area contributed by atoms with Crippen molar-refractivity contribution in [2.24, 2.45) is 11.3 Å². The fraction of sp³-hybridized carbons (Fsp3) is 0.680. The highest BCUT2D eigenvalue weighted by molar-refractivity contribution is 6.02. The highest BCUT2D eigenvalue weighted by Gasteiger charge is 2.21. The standard InChI is InChI=1S/C25H42N4O2/c1-19(18-25(2,3)4)16-23(30)27-20-10-11-22(29-14-7-8-15-29)21(17-20)24(31)26-12-9-13-28(5)6/h10-11,17,19H,7-9,12-16,18H2,1-6H3,(H,26,31)(H,27,30)/p+1/t19-/m0/s1. The molecule has 1 saturated heterocycles. The SMILES string of the molecule is C[C@@H](CC(=O)Nc1ccc(N2CCCC2)c(C(=O)NCCC[NH+](C)C)c1)CC(C)(C)C. The van der Waals surface area contributed by atoms with Crippen LogP contribution < -0.4 is 20.4 Å². The molecule has 1 aromatic rings. The predicted molar refractivity (Wildman–Crippen MR) is 129 cm³/mol. The normalized spacial score (nSPS) is 15.3. The first kappa shape index (κ1) is 25.2. The second-order valence-electron chi connectivity index (χ2n) is 10.6. The zero-order chi connectivity index (χ0) is 23.0. The van der Waals surface area contributed by atoms with Crippen LogP contribution in [0.2, 0.25) is 0 Å². The Hall–Kier alpha value is -2.08. The molecular weight excluding hydrogens is 388 g/mol. The summed E-state index contributed by atoms with van der Waals surface area (Å²) in [6.07, 6.45) is 4.72. The molecule has 1 aliphatic rings. The summed E-state index contributed by atoms with van der Waals surface area (Å²) in [6.45, 7) is 12.3. The van der Waals surface area contributed by atoms with Gasteiger partial charge in [0.1, 0.15) is 0 Å². The molecule has 0 saturated carbocycles. The van der Waals surface area contributed by atoms with Crippen LogP contribution in [0.3, 0.4) is 0 Å². The van der Waals surface area contributed by atoms with Gasteiger partial charge in [0.2, 0.25) is 5.91 Å². The summed E-state index contributed by atoms with van der Waals surface area (Å²) in [4.78, 5) is 29.2. The van der Waals surface area contributed by atoms with Crippen LogP contribution in [0.15, 0.2) is 18.2 Å². The minimum atomic E-state index is -0.0622. The number of amides is 2. The van der Waals surface area contributed by atoms with Gasteiger partial charge in [-0.25, -0.2) is 0 Å². The molecule has 0 aliphatic carbocycles. The minimum absolute atomic E-state index is 0.00555. The maximum absolute atomic E-state index is 13.0. The first-order valence-corrected chi connectivity index (χ1v) is 11.8. The van der Waals surface area contributed by atoms with Crippen molar-refractivity contribution in [1.82, 2.24) is 5.32 Å². The Bertz CT molecular complexity index is 734. The number of nitrogens with zero attached hydrogens (tertiary/aromatic N) is 1. The second-order valence-corrected chi connectivity index (χ2v) is 10.6. The molecule has 0 bridgehead atoms. The van der Waals surface area contributed by atoms with Gasteiger partial charge in [0.25, 0.3) is 5.91 Å². The van der Waals surface area contributed by atoms with Crippen molar-refractivity contribution in [1.29, 1.82) is 0 Å². The molecule has 3 N–H and O–H groups in total. The van der Waals surface area contributed by atoms with Gasteiger partial charge in [-0.05, 0) is 48.8 Å². The lowest BCUT2D eigenvalue weighted by molar-refractivity contribution is -0.858. The van der Waals surface area contributed by atoms with E-state index in [0.29, 0.717) is 30.1 Å². The van der Waals surface area contributed by atoms with Gasteiger partial charge < -0.3 is 20.4 Å². The van der Waals surface area contributed by atoms with Gasteiger partial charge in [-0.1, -0.05) is 27.7 Å². The van der Waals surface area contributed by atoms with E-state index in [2.05, 4.69) is 57.3 Å². The van der Waals surface area contributed by atoms with E-state index in [0.717, 1.165) is 51.0 Å². The first-order chi connectivity index (χ1) is 14.5. The average Bonchev–Trinajstić information content (AvgIpc) is 3.17. The molecule has 0 aromatic heterocycles. The molecule has 1 heterocycles. The summed E-state index contributed by atoms with van der Waals surface area (Å²) in [5.41, 5.74) is 2.52. The van der Waals surface area contributed by atoms with Crippen LogP contribution >= 0.6 is 0 Å². The number of anilines is 2. The minimum Gasteiger partial charge on any atom is -0.371 e. The number of carbonyl (C=O) groups is 2. The van der Waals surface area contributed by atoms with Crippen molar-refractivity contribution in [3.63, 3.8) is 0 Å². The van der Waals surface area contributed by atoms with Crippen molar-refractivity contribution < 1.29 is 14.5 Å². The molecule has 174 valence electrons. The molecule has 1 atom stereocenters. The Labute approximate surface area is 188 Å². The molecule has 1 aromatic carbocycles. The quantitative estimate of drug-likeness (QED) is 0.499. The van der Waals surface area contributed by atoms with Crippen LogP contribution in [-0.2, 0) is 4.79 Å². The lowest BCUT2D eigenvalue weighted by Gasteiger charge is -2.23. The van der Waals surface area contributed by atoms with E-state index in [1.807, 2.05) is 18.2 Å². The molecular formula is C25H43N4O2+. The van der Waals surface area contributed by atoms with Gasteiger partial charge in [0, 0.05) is 43.9 Å². The van der Waals surface area contributed by atoms with Gasteiger partial charge in [-0.3, -0.25) is 9.59 Å². The molecule has 6 heteroatoms. The monoisotopic (exact) mass is 431 g/mol. The summed E-state index contributed by atoms with van der Waals surface area (Å²) in [5, 5.41) is 6.08. The van der Waals surface area contributed by atoms with Gasteiger partial charge in [-0.15, -0.1) is 0 Å².